The molecule has 1 aromatic carbocycles. The van der Waals surface area contributed by atoms with Crippen molar-refractivity contribution in [3.63, 3.8) is 0 Å². The Bertz CT molecular complexity index is 554. The molecule has 1 saturated heterocycles. The predicted octanol–water partition coefficient (Wildman–Crippen LogP) is 2.57. The Labute approximate surface area is 127 Å². The largest absolute Gasteiger partial charge is 0.372 e. The summed E-state index contributed by atoms with van der Waals surface area (Å²) in [6.07, 6.45) is 1.71. The van der Waals surface area contributed by atoms with Gasteiger partial charge in [0, 0.05) is 24.7 Å². The number of nitrogens with zero attached hydrogens (tertiary/aromatic N) is 2. The Kier molecular flexibility index (Phi) is 4.84. The van der Waals surface area contributed by atoms with E-state index >= 15 is 0 Å². The maximum absolute atomic E-state index is 12.5. The summed E-state index contributed by atoms with van der Waals surface area (Å²) in [6, 6.07) is 4.63. The van der Waals surface area contributed by atoms with Gasteiger partial charge < -0.3 is 9.64 Å². The summed E-state index contributed by atoms with van der Waals surface area (Å²) in [5.41, 5.74) is 0.323. The third-order valence-electron chi connectivity index (χ3n) is 3.33. The summed E-state index contributed by atoms with van der Waals surface area (Å²) in [6.45, 7) is 4.83. The van der Waals surface area contributed by atoms with Crippen LogP contribution in [-0.4, -0.2) is 47.3 Å². The molecule has 0 aromatic heterocycles. The Morgan fingerprint density at radius 1 is 1.38 bits per heavy atom. The molecule has 7 heteroatoms. The molecule has 0 aliphatic carbocycles. The molecule has 1 aliphatic heterocycles. The zero-order chi connectivity index (χ0) is 15.6. The highest BCUT2D eigenvalue weighted by Gasteiger charge is 2.27. The fourth-order valence-electron chi connectivity index (χ4n) is 2.49. The molecular formula is C14H18N2O4S. The zero-order valence-corrected chi connectivity index (χ0v) is 13.1. The van der Waals surface area contributed by atoms with Crippen molar-refractivity contribution >= 4 is 23.4 Å². The molecule has 1 aliphatic rings. The lowest BCUT2D eigenvalue weighted by molar-refractivity contribution is -0.387. The summed E-state index contributed by atoms with van der Waals surface area (Å²) in [5, 5.41) is 11.1. The third-order valence-corrected chi connectivity index (χ3v) is 4.11. The molecule has 0 spiro atoms. The predicted molar refractivity (Wildman–Crippen MR) is 80.8 cm³/mol. The van der Waals surface area contributed by atoms with Crippen LogP contribution in [0.1, 0.15) is 24.2 Å². The van der Waals surface area contributed by atoms with E-state index in [0.717, 1.165) is 0 Å². The van der Waals surface area contributed by atoms with Gasteiger partial charge in [-0.3, -0.25) is 14.9 Å². The van der Waals surface area contributed by atoms with E-state index in [0.29, 0.717) is 23.5 Å². The lowest BCUT2D eigenvalue weighted by Gasteiger charge is -2.35. The number of morpholine rings is 1. The van der Waals surface area contributed by atoms with Crippen molar-refractivity contribution in [2.45, 2.75) is 31.0 Å². The summed E-state index contributed by atoms with van der Waals surface area (Å²) < 4.78 is 5.60. The number of nitro groups is 1. The molecule has 0 radical (unpaired) electrons. The van der Waals surface area contributed by atoms with Crippen LogP contribution in [0, 0.1) is 10.1 Å². The molecule has 0 saturated carbocycles. The third kappa shape index (κ3) is 3.54. The van der Waals surface area contributed by atoms with E-state index in [-0.39, 0.29) is 23.8 Å². The maximum atomic E-state index is 12.5. The standard InChI is InChI=1S/C14H18N2O4S/c1-9-7-15(8-10(2)20-9)14(17)11-4-5-13(21-3)12(6-11)16(18)19/h4-6,9-10H,7-8H2,1-3H3. The quantitative estimate of drug-likeness (QED) is 0.487. The van der Waals surface area contributed by atoms with Crippen molar-refractivity contribution in [2.24, 2.45) is 0 Å². The molecule has 0 bridgehead atoms. The van der Waals surface area contributed by atoms with Crippen LogP contribution in [0.2, 0.25) is 0 Å². The SMILES string of the molecule is CSc1ccc(C(=O)N2CC(C)OC(C)C2)cc1[N+](=O)[O-]. The van der Waals surface area contributed by atoms with Crippen LogP contribution in [0.15, 0.2) is 23.1 Å². The minimum absolute atomic E-state index is 0.0253. The number of hydrogen-bond acceptors (Lipinski definition) is 5. The monoisotopic (exact) mass is 310 g/mol. The number of amides is 1. The second-order valence-electron chi connectivity index (χ2n) is 5.11. The van der Waals surface area contributed by atoms with Gasteiger partial charge in [0.1, 0.15) is 0 Å². The van der Waals surface area contributed by atoms with Crippen LogP contribution >= 0.6 is 11.8 Å². The first kappa shape index (κ1) is 15.8. The molecule has 0 N–H and O–H groups in total. The summed E-state index contributed by atoms with van der Waals surface area (Å²) >= 11 is 1.29. The number of carbonyl (C=O) groups excluding carboxylic acids is 1. The molecule has 2 atom stereocenters. The highest BCUT2D eigenvalue weighted by atomic mass is 32.2. The van der Waals surface area contributed by atoms with Gasteiger partial charge in [0.05, 0.1) is 22.0 Å². The van der Waals surface area contributed by atoms with Crippen molar-refractivity contribution in [2.75, 3.05) is 19.3 Å². The van der Waals surface area contributed by atoms with Crippen LogP contribution in [0.25, 0.3) is 0 Å². The molecule has 1 aromatic rings. The van der Waals surface area contributed by atoms with E-state index in [4.69, 9.17) is 4.74 Å². The van der Waals surface area contributed by atoms with Gasteiger partial charge >= 0.3 is 0 Å². The van der Waals surface area contributed by atoms with Crippen LogP contribution < -0.4 is 0 Å². The first-order valence-electron chi connectivity index (χ1n) is 6.69. The number of hydrogen-bond donors (Lipinski definition) is 0. The average molecular weight is 310 g/mol. The van der Waals surface area contributed by atoms with Crippen molar-refractivity contribution in [3.05, 3.63) is 33.9 Å². The van der Waals surface area contributed by atoms with E-state index in [2.05, 4.69) is 0 Å². The lowest BCUT2D eigenvalue weighted by atomic mass is 10.1. The number of benzene rings is 1. The minimum atomic E-state index is -0.451. The van der Waals surface area contributed by atoms with Crippen LogP contribution in [-0.2, 0) is 4.74 Å². The van der Waals surface area contributed by atoms with Crippen LogP contribution in [0.3, 0.4) is 0 Å². The minimum Gasteiger partial charge on any atom is -0.372 e. The Morgan fingerprint density at radius 2 is 2.00 bits per heavy atom. The topological polar surface area (TPSA) is 72.7 Å². The number of thioether (sulfide) groups is 1. The molecule has 6 nitrogen and oxygen atoms in total. The van der Waals surface area contributed by atoms with Gasteiger partial charge in [0.25, 0.3) is 11.6 Å². The van der Waals surface area contributed by atoms with Gasteiger partial charge in [-0.2, -0.15) is 0 Å². The van der Waals surface area contributed by atoms with E-state index in [1.54, 1.807) is 23.3 Å². The molecule has 1 heterocycles. The Hall–Kier alpha value is -1.60. The van der Waals surface area contributed by atoms with Gasteiger partial charge in [0.15, 0.2) is 0 Å². The lowest BCUT2D eigenvalue weighted by Crippen LogP contribution is -2.48. The summed E-state index contributed by atoms with van der Waals surface area (Å²) in [4.78, 5) is 25.4. The van der Waals surface area contributed by atoms with Crippen molar-refractivity contribution in [1.82, 2.24) is 4.90 Å². The number of ether oxygens (including phenoxy) is 1. The number of carbonyl (C=O) groups is 1. The normalized spacial score (nSPS) is 22.1. The molecule has 2 unspecified atom stereocenters. The molecule has 1 amide bonds. The van der Waals surface area contributed by atoms with E-state index < -0.39 is 4.92 Å². The summed E-state index contributed by atoms with van der Waals surface area (Å²) in [5.74, 6) is -0.187. The van der Waals surface area contributed by atoms with E-state index in [1.807, 2.05) is 13.8 Å². The average Bonchev–Trinajstić information content (AvgIpc) is 2.44. The Balaban J connectivity index is 2.27. The van der Waals surface area contributed by atoms with Gasteiger partial charge in [0.2, 0.25) is 0 Å². The molecule has 2 rings (SSSR count). The zero-order valence-electron chi connectivity index (χ0n) is 12.2. The maximum Gasteiger partial charge on any atom is 0.283 e. The second-order valence-corrected chi connectivity index (χ2v) is 5.96. The van der Waals surface area contributed by atoms with Crippen molar-refractivity contribution in [1.29, 1.82) is 0 Å². The van der Waals surface area contributed by atoms with Gasteiger partial charge in [-0.05, 0) is 32.2 Å². The van der Waals surface area contributed by atoms with Gasteiger partial charge in [-0.25, -0.2) is 0 Å². The van der Waals surface area contributed by atoms with Gasteiger partial charge in [-0.1, -0.05) is 0 Å². The van der Waals surface area contributed by atoms with Crippen molar-refractivity contribution < 1.29 is 14.5 Å². The van der Waals surface area contributed by atoms with E-state index in [9.17, 15) is 14.9 Å². The Morgan fingerprint density at radius 3 is 2.52 bits per heavy atom. The van der Waals surface area contributed by atoms with E-state index in [1.165, 1.54) is 17.8 Å². The molecule has 114 valence electrons. The highest BCUT2D eigenvalue weighted by molar-refractivity contribution is 7.98. The fraction of sp³-hybridized carbons (Fsp3) is 0.500. The smallest absolute Gasteiger partial charge is 0.283 e. The summed E-state index contributed by atoms with van der Waals surface area (Å²) in [7, 11) is 0. The second kappa shape index (κ2) is 6.44. The van der Waals surface area contributed by atoms with Crippen LogP contribution in [0.4, 0.5) is 5.69 Å². The first-order valence-corrected chi connectivity index (χ1v) is 7.92. The molecular weight excluding hydrogens is 292 g/mol. The highest BCUT2D eigenvalue weighted by Crippen LogP contribution is 2.29. The molecule has 21 heavy (non-hydrogen) atoms. The number of rotatable bonds is 3. The molecule has 1 fully saturated rings. The van der Waals surface area contributed by atoms with Crippen molar-refractivity contribution in [3.8, 4) is 0 Å². The first-order chi connectivity index (χ1) is 9.92. The fourth-order valence-corrected chi connectivity index (χ4v) is 3.04. The van der Waals surface area contributed by atoms with Crippen LogP contribution in [0.5, 0.6) is 0 Å². The van der Waals surface area contributed by atoms with Gasteiger partial charge in [-0.15, -0.1) is 11.8 Å². The number of nitro benzene ring substituents is 1.